The highest BCUT2D eigenvalue weighted by molar-refractivity contribution is 6.15. The number of aliphatic hydroxyl groups is 1. The number of ether oxygens (including phenoxy) is 1. The summed E-state index contributed by atoms with van der Waals surface area (Å²) >= 11 is 0. The van der Waals surface area contributed by atoms with Crippen LogP contribution in [0.2, 0.25) is 0 Å². The van der Waals surface area contributed by atoms with Crippen LogP contribution in [-0.4, -0.2) is 60.9 Å². The monoisotopic (exact) mass is 328 g/mol. The van der Waals surface area contributed by atoms with E-state index in [1.807, 2.05) is 6.92 Å². The van der Waals surface area contributed by atoms with Gasteiger partial charge in [-0.1, -0.05) is 13.3 Å². The van der Waals surface area contributed by atoms with E-state index in [4.69, 9.17) is 14.7 Å². The Morgan fingerprint density at radius 2 is 2.04 bits per heavy atom. The third-order valence-electron chi connectivity index (χ3n) is 4.40. The van der Waals surface area contributed by atoms with Crippen molar-refractivity contribution in [2.45, 2.75) is 32.6 Å². The molecule has 2 amide bonds. The molecule has 2 aliphatic heterocycles. The normalized spacial score (nSPS) is 23.6. The predicted octanol–water partition coefficient (Wildman–Crippen LogP) is -0.392. The van der Waals surface area contributed by atoms with E-state index < -0.39 is 29.1 Å². The smallest absolute Gasteiger partial charge is 0.319 e. The van der Waals surface area contributed by atoms with E-state index in [0.29, 0.717) is 37.4 Å². The molecule has 8 nitrogen and oxygen atoms in total. The largest absolute Gasteiger partial charge is 0.465 e. The number of piperidine rings is 1. The van der Waals surface area contributed by atoms with E-state index in [-0.39, 0.29) is 19.8 Å². The van der Waals surface area contributed by atoms with Gasteiger partial charge >= 0.3 is 5.97 Å². The summed E-state index contributed by atoms with van der Waals surface area (Å²) in [5.41, 5.74) is -1.10. The van der Waals surface area contributed by atoms with Gasteiger partial charge in [0, 0.05) is 0 Å². The first-order valence-electron chi connectivity index (χ1n) is 8.08. The molecule has 2 N–H and O–H groups in total. The van der Waals surface area contributed by atoms with Gasteiger partial charge in [-0.15, -0.1) is 0 Å². The molecule has 8 heteroatoms. The molecule has 0 radical (unpaired) electrons. The Hall–Kier alpha value is -1.51. The lowest BCUT2D eigenvalue weighted by molar-refractivity contribution is -0.193. The second-order valence-electron chi connectivity index (χ2n) is 5.85. The first kappa shape index (κ1) is 17.8. The predicted molar refractivity (Wildman–Crippen MR) is 78.8 cm³/mol. The molecule has 1 spiro atoms. The van der Waals surface area contributed by atoms with E-state index in [0.717, 1.165) is 6.42 Å². The topological polar surface area (TPSA) is 105 Å². The van der Waals surface area contributed by atoms with Crippen LogP contribution in [0.15, 0.2) is 0 Å². The van der Waals surface area contributed by atoms with Crippen molar-refractivity contribution >= 4 is 17.8 Å². The number of imide groups is 1. The van der Waals surface area contributed by atoms with Crippen molar-refractivity contribution < 1.29 is 29.1 Å². The molecule has 2 fully saturated rings. The van der Waals surface area contributed by atoms with E-state index in [1.54, 1.807) is 0 Å². The molecule has 2 aliphatic rings. The summed E-state index contributed by atoms with van der Waals surface area (Å²) < 4.78 is 5.20. The number of aliphatic hydroxyl groups excluding tert-OH is 1. The summed E-state index contributed by atoms with van der Waals surface area (Å²) in [5.74, 6) is -3.01. The molecule has 0 aromatic rings. The minimum atomic E-state index is -1.16. The van der Waals surface area contributed by atoms with Gasteiger partial charge in [0.15, 0.2) is 5.92 Å². The maximum atomic E-state index is 12.7. The van der Waals surface area contributed by atoms with Gasteiger partial charge in [0.2, 0.25) is 0 Å². The molecule has 1 unspecified atom stereocenters. The fourth-order valence-corrected chi connectivity index (χ4v) is 3.14. The Bertz CT molecular complexity index is 461. The van der Waals surface area contributed by atoms with Crippen LogP contribution in [-0.2, 0) is 24.0 Å². The highest BCUT2D eigenvalue weighted by Crippen LogP contribution is 2.46. The number of hydrogen-bond acceptors (Lipinski definition) is 7. The Labute approximate surface area is 135 Å². The second kappa shape index (κ2) is 7.85. The van der Waals surface area contributed by atoms with Gasteiger partial charge < -0.3 is 15.2 Å². The van der Waals surface area contributed by atoms with Gasteiger partial charge in [0.1, 0.15) is 0 Å². The molecule has 2 rings (SSSR count). The Morgan fingerprint density at radius 1 is 1.35 bits per heavy atom. The Kier molecular flexibility index (Phi) is 6.09. The lowest BCUT2D eigenvalue weighted by Crippen LogP contribution is -2.47. The van der Waals surface area contributed by atoms with Crippen molar-refractivity contribution in [2.24, 2.45) is 11.3 Å². The number of esters is 1. The van der Waals surface area contributed by atoms with Crippen LogP contribution in [0.1, 0.15) is 32.6 Å². The zero-order valence-corrected chi connectivity index (χ0v) is 13.4. The summed E-state index contributed by atoms with van der Waals surface area (Å²) in [6, 6.07) is 0. The van der Waals surface area contributed by atoms with Crippen molar-refractivity contribution in [3.63, 3.8) is 0 Å². The van der Waals surface area contributed by atoms with Crippen LogP contribution in [0.5, 0.6) is 0 Å². The maximum Gasteiger partial charge on any atom is 0.319 e. The number of unbranched alkanes of at least 4 members (excludes halogenated alkanes) is 1. The zero-order valence-electron chi connectivity index (χ0n) is 13.4. The number of nitrogens with one attached hydrogen (secondary N) is 1. The van der Waals surface area contributed by atoms with Crippen LogP contribution in [0.4, 0.5) is 0 Å². The molecule has 0 bridgehead atoms. The van der Waals surface area contributed by atoms with Crippen molar-refractivity contribution in [1.82, 2.24) is 10.4 Å². The van der Waals surface area contributed by atoms with E-state index >= 15 is 0 Å². The van der Waals surface area contributed by atoms with Gasteiger partial charge in [0.25, 0.3) is 11.8 Å². The first-order valence-corrected chi connectivity index (χ1v) is 8.08. The van der Waals surface area contributed by atoms with Gasteiger partial charge in [-0.3, -0.25) is 19.2 Å². The number of hydroxylamine groups is 2. The van der Waals surface area contributed by atoms with Gasteiger partial charge in [-0.05, 0) is 32.4 Å². The Morgan fingerprint density at radius 3 is 2.65 bits per heavy atom. The molecular formula is C15H24N2O6. The average molecular weight is 328 g/mol. The first-order chi connectivity index (χ1) is 11.1. The molecule has 2 heterocycles. The van der Waals surface area contributed by atoms with E-state index in [9.17, 15) is 14.4 Å². The van der Waals surface area contributed by atoms with Crippen LogP contribution >= 0.6 is 0 Å². The minimum Gasteiger partial charge on any atom is -0.465 e. The molecule has 0 aromatic carbocycles. The number of nitrogens with zero attached hydrogens (tertiary/aromatic N) is 1. The summed E-state index contributed by atoms with van der Waals surface area (Å²) in [7, 11) is 0. The number of rotatable bonds is 7. The molecule has 0 saturated carbocycles. The number of amides is 2. The highest BCUT2D eigenvalue weighted by atomic mass is 16.7. The van der Waals surface area contributed by atoms with Crippen LogP contribution < -0.4 is 5.32 Å². The van der Waals surface area contributed by atoms with Gasteiger partial charge in [-0.2, -0.15) is 5.06 Å². The minimum absolute atomic E-state index is 0.177. The van der Waals surface area contributed by atoms with Gasteiger partial charge in [-0.25, -0.2) is 0 Å². The zero-order chi connectivity index (χ0) is 16.9. The SMILES string of the molecule is CCCCOC(=O)C1C(=O)N(OCCO)C(=O)C12CCNCC2. The number of carbonyl (C=O) groups is 3. The highest BCUT2D eigenvalue weighted by Gasteiger charge is 2.63. The molecule has 130 valence electrons. The average Bonchev–Trinajstić information content (AvgIpc) is 2.74. The molecule has 0 aromatic heterocycles. The maximum absolute atomic E-state index is 12.7. The summed E-state index contributed by atoms with van der Waals surface area (Å²) in [4.78, 5) is 42.7. The van der Waals surface area contributed by atoms with Crippen LogP contribution in [0.25, 0.3) is 0 Å². The van der Waals surface area contributed by atoms with Crippen LogP contribution in [0, 0.1) is 11.3 Å². The summed E-state index contributed by atoms with van der Waals surface area (Å²) in [5, 5.41) is 12.6. The van der Waals surface area contributed by atoms with Crippen molar-refractivity contribution in [3.8, 4) is 0 Å². The quantitative estimate of drug-likeness (QED) is 0.284. The molecule has 2 saturated heterocycles. The van der Waals surface area contributed by atoms with Crippen molar-refractivity contribution in [2.75, 3.05) is 32.9 Å². The lowest BCUT2D eigenvalue weighted by atomic mass is 9.70. The van der Waals surface area contributed by atoms with E-state index in [1.165, 1.54) is 0 Å². The Balaban J connectivity index is 2.22. The molecule has 1 atom stereocenters. The molecule has 23 heavy (non-hydrogen) atoms. The van der Waals surface area contributed by atoms with Crippen molar-refractivity contribution in [1.29, 1.82) is 0 Å². The fraction of sp³-hybridized carbons (Fsp3) is 0.800. The third kappa shape index (κ3) is 3.39. The summed E-state index contributed by atoms with van der Waals surface area (Å²) in [6.45, 7) is 2.80. The third-order valence-corrected chi connectivity index (χ3v) is 4.40. The van der Waals surface area contributed by atoms with Crippen LogP contribution in [0.3, 0.4) is 0 Å². The second-order valence-corrected chi connectivity index (χ2v) is 5.85. The number of carbonyl (C=O) groups excluding carboxylic acids is 3. The molecule has 0 aliphatic carbocycles. The number of hydrogen-bond donors (Lipinski definition) is 2. The van der Waals surface area contributed by atoms with E-state index in [2.05, 4.69) is 5.32 Å². The fourth-order valence-electron chi connectivity index (χ4n) is 3.14. The standard InChI is InChI=1S/C15H24N2O6/c1-2-3-9-22-13(20)11-12(19)17(23-10-8-18)14(21)15(11)4-6-16-7-5-15/h11,16,18H,2-10H2,1H3. The van der Waals surface area contributed by atoms with Gasteiger partial charge in [0.05, 0.1) is 25.2 Å². The van der Waals surface area contributed by atoms with Crippen molar-refractivity contribution in [3.05, 3.63) is 0 Å². The lowest BCUT2D eigenvalue weighted by Gasteiger charge is -2.34. The summed E-state index contributed by atoms with van der Waals surface area (Å²) in [6.07, 6.45) is 2.33. The molecular weight excluding hydrogens is 304 g/mol.